The van der Waals surface area contributed by atoms with E-state index >= 15 is 0 Å². The third-order valence-corrected chi connectivity index (χ3v) is 3.76. The molecule has 1 fully saturated rings. The molecular formula is C11H19N5OS. The summed E-state index contributed by atoms with van der Waals surface area (Å²) in [6.07, 6.45) is 0.849. The third-order valence-electron chi connectivity index (χ3n) is 2.77. The summed E-state index contributed by atoms with van der Waals surface area (Å²) in [7, 11) is 0. The second kappa shape index (κ2) is 5.11. The monoisotopic (exact) mass is 269 g/mol. The van der Waals surface area contributed by atoms with Crippen molar-refractivity contribution in [1.82, 2.24) is 9.88 Å². The molecule has 0 spiro atoms. The molecule has 2 heterocycles. The van der Waals surface area contributed by atoms with E-state index in [9.17, 15) is 4.79 Å². The first-order chi connectivity index (χ1) is 8.47. The largest absolute Gasteiger partial charge is 0.382 e. The molecule has 1 unspecified atom stereocenters. The van der Waals surface area contributed by atoms with Crippen molar-refractivity contribution >= 4 is 28.2 Å². The first-order valence-electron chi connectivity index (χ1n) is 6.05. The van der Waals surface area contributed by atoms with E-state index in [0.29, 0.717) is 28.9 Å². The molecule has 0 saturated carbocycles. The van der Waals surface area contributed by atoms with E-state index in [2.05, 4.69) is 10.3 Å². The number of amides is 1. The summed E-state index contributed by atoms with van der Waals surface area (Å²) in [5, 5.41) is 3.84. The van der Waals surface area contributed by atoms with Crippen LogP contribution in [0.3, 0.4) is 0 Å². The first kappa shape index (κ1) is 13.1. The molecule has 7 heteroatoms. The van der Waals surface area contributed by atoms with Gasteiger partial charge in [-0.2, -0.15) is 0 Å². The standard InChI is InChI=1S/C11H19N5OS/c1-6(2)14-11-15-9(13)8(18-11)10(17)16-4-3-7(12)5-16/h6-7H,3-5,12-13H2,1-2H3,(H,14,15). The van der Waals surface area contributed by atoms with Crippen molar-refractivity contribution < 1.29 is 4.79 Å². The summed E-state index contributed by atoms with van der Waals surface area (Å²) in [5.74, 6) is 0.239. The molecule has 100 valence electrons. The number of nitrogen functional groups attached to an aromatic ring is 1. The van der Waals surface area contributed by atoms with Crippen LogP contribution in [-0.4, -0.2) is 41.0 Å². The lowest BCUT2D eigenvalue weighted by molar-refractivity contribution is 0.0796. The Morgan fingerprint density at radius 3 is 2.89 bits per heavy atom. The summed E-state index contributed by atoms with van der Waals surface area (Å²) >= 11 is 1.30. The number of rotatable bonds is 3. The SMILES string of the molecule is CC(C)Nc1nc(N)c(C(=O)N2CCC(N)C2)s1. The van der Waals surface area contributed by atoms with Crippen LogP contribution in [0.5, 0.6) is 0 Å². The van der Waals surface area contributed by atoms with Gasteiger partial charge in [-0.15, -0.1) is 0 Å². The van der Waals surface area contributed by atoms with E-state index in [1.165, 1.54) is 11.3 Å². The molecule has 1 saturated heterocycles. The smallest absolute Gasteiger partial charge is 0.267 e. The van der Waals surface area contributed by atoms with Crippen LogP contribution in [0.15, 0.2) is 0 Å². The topological polar surface area (TPSA) is 97.3 Å². The number of thiazole rings is 1. The highest BCUT2D eigenvalue weighted by molar-refractivity contribution is 7.18. The Morgan fingerprint density at radius 1 is 1.61 bits per heavy atom. The number of nitrogens with zero attached hydrogens (tertiary/aromatic N) is 2. The van der Waals surface area contributed by atoms with Gasteiger partial charge in [0.2, 0.25) is 0 Å². The van der Waals surface area contributed by atoms with Crippen molar-refractivity contribution in [2.75, 3.05) is 24.1 Å². The fourth-order valence-electron chi connectivity index (χ4n) is 1.91. The Labute approximate surface area is 110 Å². The molecule has 0 bridgehead atoms. The van der Waals surface area contributed by atoms with Crippen LogP contribution in [0.1, 0.15) is 29.9 Å². The van der Waals surface area contributed by atoms with Crippen LogP contribution >= 0.6 is 11.3 Å². The maximum Gasteiger partial charge on any atom is 0.267 e. The zero-order valence-electron chi connectivity index (χ0n) is 10.6. The molecule has 0 radical (unpaired) electrons. The molecular weight excluding hydrogens is 250 g/mol. The lowest BCUT2D eigenvalue weighted by Gasteiger charge is -2.14. The number of carbonyl (C=O) groups excluding carboxylic acids is 1. The summed E-state index contributed by atoms with van der Waals surface area (Å²) in [6.45, 7) is 5.32. The molecule has 1 amide bonds. The molecule has 1 aromatic rings. The Morgan fingerprint density at radius 2 is 2.33 bits per heavy atom. The second-order valence-electron chi connectivity index (χ2n) is 4.83. The minimum absolute atomic E-state index is 0.0604. The van der Waals surface area contributed by atoms with Gasteiger partial charge >= 0.3 is 0 Å². The number of likely N-dealkylation sites (tertiary alicyclic amines) is 1. The van der Waals surface area contributed by atoms with Crippen LogP contribution in [0, 0.1) is 0 Å². The molecule has 5 N–H and O–H groups in total. The Bertz CT molecular complexity index is 445. The summed E-state index contributed by atoms with van der Waals surface area (Å²) in [6, 6.07) is 0.343. The van der Waals surface area contributed by atoms with E-state index in [1.54, 1.807) is 4.90 Å². The fraction of sp³-hybridized carbons (Fsp3) is 0.636. The second-order valence-corrected chi connectivity index (χ2v) is 5.83. The number of nitrogens with two attached hydrogens (primary N) is 2. The highest BCUT2D eigenvalue weighted by Gasteiger charge is 2.27. The van der Waals surface area contributed by atoms with E-state index in [0.717, 1.165) is 6.42 Å². The van der Waals surface area contributed by atoms with E-state index < -0.39 is 0 Å². The number of aromatic nitrogens is 1. The number of hydrogen-bond acceptors (Lipinski definition) is 6. The number of anilines is 2. The maximum absolute atomic E-state index is 12.2. The maximum atomic E-state index is 12.2. The summed E-state index contributed by atoms with van der Waals surface area (Å²) in [5.41, 5.74) is 11.6. The normalized spacial score (nSPS) is 19.6. The van der Waals surface area contributed by atoms with Crippen molar-refractivity contribution in [2.45, 2.75) is 32.4 Å². The lowest BCUT2D eigenvalue weighted by atomic mass is 10.3. The quantitative estimate of drug-likeness (QED) is 0.751. The average Bonchev–Trinajstić information content (AvgIpc) is 2.83. The lowest BCUT2D eigenvalue weighted by Crippen LogP contribution is -2.31. The van der Waals surface area contributed by atoms with Crippen molar-refractivity contribution in [3.05, 3.63) is 4.88 Å². The molecule has 0 aliphatic carbocycles. The van der Waals surface area contributed by atoms with Crippen LogP contribution in [-0.2, 0) is 0 Å². The zero-order chi connectivity index (χ0) is 13.3. The number of nitrogens with one attached hydrogen (secondary N) is 1. The summed E-state index contributed by atoms with van der Waals surface area (Å²) < 4.78 is 0. The molecule has 1 aromatic heterocycles. The minimum Gasteiger partial charge on any atom is -0.382 e. The van der Waals surface area contributed by atoms with Crippen LogP contribution < -0.4 is 16.8 Å². The van der Waals surface area contributed by atoms with Crippen molar-refractivity contribution in [3.8, 4) is 0 Å². The molecule has 6 nitrogen and oxygen atoms in total. The van der Waals surface area contributed by atoms with Gasteiger partial charge in [0.25, 0.3) is 5.91 Å². The van der Waals surface area contributed by atoms with Gasteiger partial charge in [-0.3, -0.25) is 4.79 Å². The first-order valence-corrected chi connectivity index (χ1v) is 6.86. The van der Waals surface area contributed by atoms with E-state index in [4.69, 9.17) is 11.5 Å². The van der Waals surface area contributed by atoms with Gasteiger partial charge < -0.3 is 21.7 Å². The zero-order valence-corrected chi connectivity index (χ0v) is 11.5. The van der Waals surface area contributed by atoms with Gasteiger partial charge in [-0.25, -0.2) is 4.98 Å². The van der Waals surface area contributed by atoms with Gasteiger partial charge in [0, 0.05) is 25.2 Å². The van der Waals surface area contributed by atoms with Crippen LogP contribution in [0.4, 0.5) is 10.9 Å². The van der Waals surface area contributed by atoms with Crippen LogP contribution in [0.2, 0.25) is 0 Å². The summed E-state index contributed by atoms with van der Waals surface area (Å²) in [4.78, 5) is 18.7. The Balaban J connectivity index is 2.12. The third kappa shape index (κ3) is 2.73. The van der Waals surface area contributed by atoms with Gasteiger partial charge in [0.05, 0.1) is 0 Å². The molecule has 0 aromatic carbocycles. The predicted octanol–water partition coefficient (Wildman–Crippen LogP) is 0.719. The molecule has 1 aliphatic heterocycles. The van der Waals surface area contributed by atoms with Crippen molar-refractivity contribution in [1.29, 1.82) is 0 Å². The Kier molecular flexibility index (Phi) is 3.72. The number of hydrogen-bond donors (Lipinski definition) is 3. The highest BCUT2D eigenvalue weighted by Crippen LogP contribution is 2.27. The van der Waals surface area contributed by atoms with Gasteiger partial charge in [-0.1, -0.05) is 11.3 Å². The molecule has 1 aliphatic rings. The van der Waals surface area contributed by atoms with Crippen molar-refractivity contribution in [2.24, 2.45) is 5.73 Å². The van der Waals surface area contributed by atoms with Crippen molar-refractivity contribution in [3.63, 3.8) is 0 Å². The molecule has 1 atom stereocenters. The van der Waals surface area contributed by atoms with E-state index in [1.807, 2.05) is 13.8 Å². The van der Waals surface area contributed by atoms with Gasteiger partial charge in [0.1, 0.15) is 10.7 Å². The van der Waals surface area contributed by atoms with Gasteiger partial charge in [0.15, 0.2) is 5.13 Å². The van der Waals surface area contributed by atoms with Gasteiger partial charge in [-0.05, 0) is 20.3 Å². The fourth-order valence-corrected chi connectivity index (χ4v) is 2.91. The predicted molar refractivity (Wildman–Crippen MR) is 73.8 cm³/mol. The molecule has 2 rings (SSSR count). The average molecular weight is 269 g/mol. The minimum atomic E-state index is -0.0604. The highest BCUT2D eigenvalue weighted by atomic mass is 32.1. The van der Waals surface area contributed by atoms with Crippen LogP contribution in [0.25, 0.3) is 0 Å². The Hall–Kier alpha value is -1.34. The number of carbonyl (C=O) groups is 1. The molecule has 18 heavy (non-hydrogen) atoms. The van der Waals surface area contributed by atoms with E-state index in [-0.39, 0.29) is 18.0 Å².